The van der Waals surface area contributed by atoms with E-state index >= 15 is 0 Å². The predicted molar refractivity (Wildman–Crippen MR) is 121 cm³/mol. The Bertz CT molecular complexity index is 1090. The molecule has 1 aliphatic rings. The molecule has 4 rings (SSSR count). The topological polar surface area (TPSA) is 110 Å². The van der Waals surface area contributed by atoms with E-state index in [2.05, 4.69) is 19.9 Å². The minimum absolute atomic E-state index is 0.117. The molecule has 0 spiro atoms. The summed E-state index contributed by atoms with van der Waals surface area (Å²) >= 11 is 0. The van der Waals surface area contributed by atoms with Crippen molar-refractivity contribution in [1.29, 1.82) is 5.41 Å². The van der Waals surface area contributed by atoms with Gasteiger partial charge in [0.25, 0.3) is 0 Å². The number of morpholine rings is 1. The highest BCUT2D eigenvalue weighted by Gasteiger charge is 2.24. The number of anilines is 2. The third kappa shape index (κ3) is 4.49. The monoisotopic (exact) mass is 418 g/mol. The van der Waals surface area contributed by atoms with E-state index in [1.165, 1.54) is 6.33 Å². The number of methoxy groups -OCH3 is 1. The molecule has 1 saturated heterocycles. The minimum atomic E-state index is 0.117. The lowest BCUT2D eigenvalue weighted by atomic mass is 9.98. The van der Waals surface area contributed by atoms with E-state index in [1.54, 1.807) is 19.4 Å². The molecule has 2 atom stereocenters. The Morgan fingerprint density at radius 1 is 1.06 bits per heavy atom. The number of hydrogen-bond acceptors (Lipinski definition) is 8. The van der Waals surface area contributed by atoms with Crippen molar-refractivity contribution < 1.29 is 9.47 Å². The van der Waals surface area contributed by atoms with E-state index in [4.69, 9.17) is 20.6 Å². The maximum atomic E-state index is 8.79. The summed E-state index contributed by atoms with van der Waals surface area (Å²) in [6.07, 6.45) is 3.42. The molecule has 3 heterocycles. The molecule has 1 aliphatic heterocycles. The summed E-state index contributed by atoms with van der Waals surface area (Å²) in [6, 6.07) is 11.2. The van der Waals surface area contributed by atoms with Crippen molar-refractivity contribution in [3.8, 4) is 17.0 Å². The number of nitrogen functional groups attached to an aromatic ring is 1. The molecule has 160 valence electrons. The van der Waals surface area contributed by atoms with Gasteiger partial charge in [0.15, 0.2) is 0 Å². The summed E-state index contributed by atoms with van der Waals surface area (Å²) in [5.41, 5.74) is 9.98. The van der Waals surface area contributed by atoms with Gasteiger partial charge in [-0.2, -0.15) is 0 Å². The van der Waals surface area contributed by atoms with Crippen LogP contribution in [0.15, 0.2) is 48.9 Å². The van der Waals surface area contributed by atoms with Gasteiger partial charge in [-0.1, -0.05) is 6.07 Å². The summed E-state index contributed by atoms with van der Waals surface area (Å²) in [7, 11) is 1.58. The van der Waals surface area contributed by atoms with Gasteiger partial charge in [0.2, 0.25) is 5.88 Å². The van der Waals surface area contributed by atoms with Gasteiger partial charge in [0, 0.05) is 42.7 Å². The zero-order valence-electron chi connectivity index (χ0n) is 17.9. The van der Waals surface area contributed by atoms with Crippen molar-refractivity contribution in [3.63, 3.8) is 0 Å². The predicted octanol–water partition coefficient (Wildman–Crippen LogP) is 3.16. The first-order valence-corrected chi connectivity index (χ1v) is 10.2. The van der Waals surface area contributed by atoms with Gasteiger partial charge in [-0.05, 0) is 43.2 Å². The van der Waals surface area contributed by atoms with Crippen LogP contribution in [-0.2, 0) is 4.74 Å². The summed E-state index contributed by atoms with van der Waals surface area (Å²) in [5.74, 6) is 1.31. The molecule has 1 aromatic carbocycles. The highest BCUT2D eigenvalue weighted by atomic mass is 16.5. The van der Waals surface area contributed by atoms with Gasteiger partial charge in [-0.15, -0.1) is 0 Å². The number of pyridine rings is 1. The molecule has 3 N–H and O–H groups in total. The summed E-state index contributed by atoms with van der Waals surface area (Å²) in [4.78, 5) is 15.1. The Morgan fingerprint density at radius 3 is 2.55 bits per heavy atom. The highest BCUT2D eigenvalue weighted by molar-refractivity contribution is 6.13. The molecule has 0 amide bonds. The number of nitrogens with zero attached hydrogens (tertiary/aromatic N) is 4. The first kappa shape index (κ1) is 20.7. The van der Waals surface area contributed by atoms with E-state index in [-0.39, 0.29) is 17.9 Å². The number of benzene rings is 1. The molecule has 3 aromatic rings. The Morgan fingerprint density at radius 2 is 1.81 bits per heavy atom. The molecule has 0 bridgehead atoms. The van der Waals surface area contributed by atoms with Crippen LogP contribution in [0.3, 0.4) is 0 Å². The molecule has 0 radical (unpaired) electrons. The van der Waals surface area contributed by atoms with Crippen LogP contribution < -0.4 is 15.4 Å². The van der Waals surface area contributed by atoms with Gasteiger partial charge >= 0.3 is 0 Å². The third-order valence-corrected chi connectivity index (χ3v) is 5.25. The lowest BCUT2D eigenvalue weighted by molar-refractivity contribution is -0.00546. The smallest absolute Gasteiger partial charge is 0.213 e. The Balaban J connectivity index is 1.65. The van der Waals surface area contributed by atoms with E-state index in [9.17, 15) is 0 Å². The van der Waals surface area contributed by atoms with E-state index in [1.807, 2.05) is 44.2 Å². The van der Waals surface area contributed by atoms with Crippen molar-refractivity contribution in [1.82, 2.24) is 15.0 Å². The van der Waals surface area contributed by atoms with Crippen LogP contribution in [0, 0.1) is 5.41 Å². The first-order valence-electron chi connectivity index (χ1n) is 10.2. The molecular weight excluding hydrogens is 392 g/mol. The van der Waals surface area contributed by atoms with Crippen molar-refractivity contribution in [2.24, 2.45) is 0 Å². The fraction of sp³-hybridized carbons (Fsp3) is 0.304. The van der Waals surface area contributed by atoms with Gasteiger partial charge in [-0.3, -0.25) is 5.41 Å². The van der Waals surface area contributed by atoms with Crippen LogP contribution in [0.2, 0.25) is 0 Å². The van der Waals surface area contributed by atoms with Crippen molar-refractivity contribution in [2.75, 3.05) is 30.8 Å². The summed E-state index contributed by atoms with van der Waals surface area (Å²) < 4.78 is 11.0. The zero-order valence-corrected chi connectivity index (χ0v) is 17.9. The zero-order chi connectivity index (χ0) is 22.0. The normalized spacial score (nSPS) is 18.6. The molecule has 0 saturated carbocycles. The van der Waals surface area contributed by atoms with Crippen LogP contribution in [0.5, 0.6) is 5.88 Å². The molecule has 31 heavy (non-hydrogen) atoms. The number of aromatic nitrogens is 3. The standard InChI is InChI=1S/C23H26N6O2/c1-14-11-29(12-15(2)31-14)21-10-20(27-13-28-21)23(25)18-8-16(4-5-19(18)24)17-6-7-26-22(9-17)30-3/h4-10,13-15,25H,11-12,24H2,1-3H3/t14-,15+. The SMILES string of the molecule is COc1cc(-c2ccc(N)c(C(=N)c3cc(N4C[C@@H](C)O[C@@H](C)C4)ncn3)c2)ccn1. The molecule has 0 aliphatic carbocycles. The van der Waals surface area contributed by atoms with Crippen molar-refractivity contribution in [2.45, 2.75) is 26.1 Å². The van der Waals surface area contributed by atoms with Gasteiger partial charge in [0.1, 0.15) is 12.1 Å². The van der Waals surface area contributed by atoms with E-state index in [0.29, 0.717) is 22.8 Å². The second-order valence-corrected chi connectivity index (χ2v) is 7.69. The number of nitrogens with two attached hydrogens (primary N) is 1. The van der Waals surface area contributed by atoms with Crippen molar-refractivity contribution in [3.05, 3.63) is 60.2 Å². The molecule has 1 fully saturated rings. The number of ether oxygens (including phenoxy) is 2. The second-order valence-electron chi connectivity index (χ2n) is 7.69. The lowest BCUT2D eigenvalue weighted by Crippen LogP contribution is -2.45. The van der Waals surface area contributed by atoms with Crippen LogP contribution >= 0.6 is 0 Å². The van der Waals surface area contributed by atoms with Crippen molar-refractivity contribution >= 4 is 17.2 Å². The van der Waals surface area contributed by atoms with Crippen LogP contribution in [-0.4, -0.2) is 53.1 Å². The second kappa shape index (κ2) is 8.69. The Hall–Kier alpha value is -3.52. The van der Waals surface area contributed by atoms with Crippen LogP contribution in [0.25, 0.3) is 11.1 Å². The summed E-state index contributed by atoms with van der Waals surface area (Å²) in [5, 5.41) is 8.79. The van der Waals surface area contributed by atoms with E-state index < -0.39 is 0 Å². The quantitative estimate of drug-likeness (QED) is 0.484. The maximum Gasteiger partial charge on any atom is 0.213 e. The largest absolute Gasteiger partial charge is 0.481 e. The summed E-state index contributed by atoms with van der Waals surface area (Å²) in [6.45, 7) is 5.59. The molecule has 8 heteroatoms. The number of nitrogens with one attached hydrogen (secondary N) is 1. The van der Waals surface area contributed by atoms with Gasteiger partial charge in [0.05, 0.1) is 30.7 Å². The molecule has 2 aromatic heterocycles. The maximum absolute atomic E-state index is 8.79. The Kier molecular flexibility index (Phi) is 5.81. The van der Waals surface area contributed by atoms with Gasteiger partial charge < -0.3 is 20.1 Å². The molecule has 0 unspecified atom stereocenters. The average molecular weight is 419 g/mol. The fourth-order valence-electron chi connectivity index (χ4n) is 3.81. The van der Waals surface area contributed by atoms with Gasteiger partial charge in [-0.25, -0.2) is 15.0 Å². The van der Waals surface area contributed by atoms with Crippen LogP contribution in [0.1, 0.15) is 25.1 Å². The van der Waals surface area contributed by atoms with E-state index in [0.717, 1.165) is 30.0 Å². The molecular formula is C23H26N6O2. The first-order chi connectivity index (χ1) is 14.9. The number of rotatable bonds is 5. The molecule has 8 nitrogen and oxygen atoms in total. The Labute approximate surface area is 181 Å². The fourth-order valence-corrected chi connectivity index (χ4v) is 3.81. The average Bonchev–Trinajstić information content (AvgIpc) is 2.78. The third-order valence-electron chi connectivity index (χ3n) is 5.25. The lowest BCUT2D eigenvalue weighted by Gasteiger charge is -2.36. The number of hydrogen-bond donors (Lipinski definition) is 2. The highest BCUT2D eigenvalue weighted by Crippen LogP contribution is 2.27. The minimum Gasteiger partial charge on any atom is -0.481 e. The van der Waals surface area contributed by atoms with Crippen LogP contribution in [0.4, 0.5) is 11.5 Å².